The van der Waals surface area contributed by atoms with E-state index < -0.39 is 15.8 Å². The van der Waals surface area contributed by atoms with E-state index in [1.807, 2.05) is 0 Å². The van der Waals surface area contributed by atoms with Gasteiger partial charge in [-0.15, -0.1) is 0 Å². The first-order chi connectivity index (χ1) is 12.0. The van der Waals surface area contributed by atoms with Gasteiger partial charge in [0.2, 0.25) is 10.0 Å². The van der Waals surface area contributed by atoms with E-state index in [1.165, 1.54) is 24.3 Å². The van der Waals surface area contributed by atoms with Gasteiger partial charge in [-0.2, -0.15) is 0 Å². The molecule has 0 fully saturated rings. The van der Waals surface area contributed by atoms with Crippen molar-refractivity contribution in [1.82, 2.24) is 9.71 Å². The molecule has 0 atom stereocenters. The number of H-pyrrole nitrogens is 1. The molecule has 0 saturated heterocycles. The third-order valence-corrected chi connectivity index (χ3v) is 5.28. The Morgan fingerprint density at radius 2 is 1.92 bits per heavy atom. The molecule has 0 aliphatic carbocycles. The van der Waals surface area contributed by atoms with E-state index in [0.29, 0.717) is 30.3 Å². The normalized spacial score (nSPS) is 11.9. The molecule has 8 heteroatoms. The summed E-state index contributed by atoms with van der Waals surface area (Å²) in [7, 11) is -3.70. The Morgan fingerprint density at radius 1 is 1.12 bits per heavy atom. The van der Waals surface area contributed by atoms with Crippen molar-refractivity contribution in [3.05, 3.63) is 64.4 Å². The molecule has 0 unspecified atom stereocenters. The Kier molecular flexibility index (Phi) is 5.00. The number of aromatic nitrogens is 1. The highest BCUT2D eigenvalue weighted by Gasteiger charge is 2.15. The van der Waals surface area contributed by atoms with Gasteiger partial charge in [0.25, 0.3) is 0 Å². The second-order valence-electron chi connectivity index (χ2n) is 5.62. The number of hydrogen-bond acceptors (Lipinski definition) is 4. The Labute approximate surface area is 143 Å². The van der Waals surface area contributed by atoms with Crippen molar-refractivity contribution < 1.29 is 17.2 Å². The second kappa shape index (κ2) is 7.20. The Balaban J connectivity index is 1.56. The highest BCUT2D eigenvalue weighted by Crippen LogP contribution is 2.16. The summed E-state index contributed by atoms with van der Waals surface area (Å²) in [6.07, 6.45) is 1.79. The van der Waals surface area contributed by atoms with E-state index in [4.69, 9.17) is 4.42 Å². The van der Waals surface area contributed by atoms with Gasteiger partial charge in [-0.3, -0.25) is 4.98 Å². The van der Waals surface area contributed by atoms with E-state index >= 15 is 0 Å². The highest BCUT2D eigenvalue weighted by molar-refractivity contribution is 7.89. The van der Waals surface area contributed by atoms with Crippen LogP contribution in [0.15, 0.2) is 56.6 Å². The molecule has 6 nitrogen and oxygen atoms in total. The average molecular weight is 364 g/mol. The lowest BCUT2D eigenvalue weighted by molar-refractivity contribution is 0.553. The fourth-order valence-corrected chi connectivity index (χ4v) is 3.61. The van der Waals surface area contributed by atoms with Gasteiger partial charge in [-0.05, 0) is 43.0 Å². The molecule has 0 saturated carbocycles. The lowest BCUT2D eigenvalue weighted by atomic mass is 10.1. The van der Waals surface area contributed by atoms with Crippen LogP contribution in [0.1, 0.15) is 18.4 Å². The molecule has 3 aromatic rings. The predicted molar refractivity (Wildman–Crippen MR) is 91.4 cm³/mol. The van der Waals surface area contributed by atoms with Gasteiger partial charge >= 0.3 is 5.76 Å². The summed E-state index contributed by atoms with van der Waals surface area (Å²) in [6, 6.07) is 10.7. The summed E-state index contributed by atoms with van der Waals surface area (Å²) in [6.45, 7) is 0.242. The van der Waals surface area contributed by atoms with Crippen molar-refractivity contribution in [3.63, 3.8) is 0 Å². The molecule has 1 heterocycles. The Bertz CT molecular complexity index is 1040. The van der Waals surface area contributed by atoms with Gasteiger partial charge in [0.05, 0.1) is 10.4 Å². The van der Waals surface area contributed by atoms with Crippen LogP contribution in [0.5, 0.6) is 0 Å². The van der Waals surface area contributed by atoms with Crippen molar-refractivity contribution in [3.8, 4) is 0 Å². The number of rotatable bonds is 7. The molecule has 3 rings (SSSR count). The first-order valence-corrected chi connectivity index (χ1v) is 9.30. The molecule has 0 spiro atoms. The molecule has 2 aromatic carbocycles. The summed E-state index contributed by atoms with van der Waals surface area (Å²) < 4.78 is 45.4. The van der Waals surface area contributed by atoms with Gasteiger partial charge in [-0.1, -0.05) is 18.2 Å². The first kappa shape index (κ1) is 17.4. The molecular weight excluding hydrogens is 347 g/mol. The van der Waals surface area contributed by atoms with Crippen molar-refractivity contribution in [1.29, 1.82) is 0 Å². The molecule has 0 radical (unpaired) electrons. The maximum Gasteiger partial charge on any atom is 0.417 e. The number of halogens is 1. The van der Waals surface area contributed by atoms with E-state index in [0.717, 1.165) is 0 Å². The quantitative estimate of drug-likeness (QED) is 0.630. The van der Waals surface area contributed by atoms with Crippen LogP contribution in [0.4, 0.5) is 4.39 Å². The lowest BCUT2D eigenvalue weighted by Gasteiger charge is -2.07. The largest absolute Gasteiger partial charge is 0.417 e. The number of nitrogens with one attached hydrogen (secondary N) is 2. The van der Waals surface area contributed by atoms with Gasteiger partial charge in [0.15, 0.2) is 5.58 Å². The fraction of sp³-hybridized carbons (Fsp3) is 0.235. The number of oxazole rings is 1. The number of benzene rings is 2. The van der Waals surface area contributed by atoms with Crippen LogP contribution in [0, 0.1) is 5.82 Å². The van der Waals surface area contributed by atoms with E-state index in [2.05, 4.69) is 9.71 Å². The minimum absolute atomic E-state index is 0.0249. The molecule has 0 amide bonds. The van der Waals surface area contributed by atoms with Gasteiger partial charge in [0, 0.05) is 12.6 Å². The zero-order valence-electron chi connectivity index (χ0n) is 13.3. The number of aromatic amines is 1. The summed E-state index contributed by atoms with van der Waals surface area (Å²) >= 11 is 0. The predicted octanol–water partition coefficient (Wildman–Crippen LogP) is 2.56. The molecule has 0 aliphatic rings. The number of fused-ring (bicyclic) bond motifs is 1. The minimum atomic E-state index is -3.70. The maximum absolute atomic E-state index is 13.5. The van der Waals surface area contributed by atoms with Crippen molar-refractivity contribution in [2.24, 2.45) is 0 Å². The second-order valence-corrected chi connectivity index (χ2v) is 7.39. The molecule has 25 heavy (non-hydrogen) atoms. The standard InChI is InChI=1S/C17H17FN2O4S/c18-14-7-2-1-5-12(14)6-3-4-10-19-25(22,23)13-8-9-15-16(11-13)24-17(21)20-15/h1-2,5,7-9,11,19H,3-4,6,10H2,(H,20,21). The summed E-state index contributed by atoms with van der Waals surface area (Å²) in [5.41, 5.74) is 1.25. The number of hydrogen-bond donors (Lipinski definition) is 2. The number of unbranched alkanes of at least 4 members (excludes halogenated alkanes) is 1. The maximum atomic E-state index is 13.5. The lowest BCUT2D eigenvalue weighted by Crippen LogP contribution is -2.24. The van der Waals surface area contributed by atoms with Crippen LogP contribution in [0.25, 0.3) is 11.1 Å². The molecular formula is C17H17FN2O4S. The van der Waals surface area contributed by atoms with E-state index in [9.17, 15) is 17.6 Å². The zero-order valence-corrected chi connectivity index (χ0v) is 14.1. The van der Waals surface area contributed by atoms with Gasteiger partial charge in [-0.25, -0.2) is 22.3 Å². The Morgan fingerprint density at radius 3 is 2.72 bits per heavy atom. The third-order valence-electron chi connectivity index (χ3n) is 3.83. The van der Waals surface area contributed by atoms with E-state index in [-0.39, 0.29) is 22.8 Å². The van der Waals surface area contributed by atoms with Crippen molar-refractivity contribution in [2.75, 3.05) is 6.54 Å². The zero-order chi connectivity index (χ0) is 17.9. The monoisotopic (exact) mass is 364 g/mol. The number of aryl methyl sites for hydroxylation is 1. The molecule has 0 bridgehead atoms. The summed E-state index contributed by atoms with van der Waals surface area (Å²) in [4.78, 5) is 13.6. The van der Waals surface area contributed by atoms with Crippen molar-refractivity contribution >= 4 is 21.1 Å². The van der Waals surface area contributed by atoms with Gasteiger partial charge < -0.3 is 4.42 Å². The Hall–Kier alpha value is -2.45. The summed E-state index contributed by atoms with van der Waals surface area (Å²) in [5, 5.41) is 0. The van der Waals surface area contributed by atoms with Crippen LogP contribution in [-0.4, -0.2) is 19.9 Å². The third kappa shape index (κ3) is 4.15. The van der Waals surface area contributed by atoms with Crippen LogP contribution in [-0.2, 0) is 16.4 Å². The number of sulfonamides is 1. The molecule has 1 aromatic heterocycles. The average Bonchev–Trinajstić information content (AvgIpc) is 2.95. The van der Waals surface area contributed by atoms with Crippen LogP contribution in [0.3, 0.4) is 0 Å². The molecule has 132 valence electrons. The minimum Gasteiger partial charge on any atom is -0.408 e. The SMILES string of the molecule is O=c1[nH]c2ccc(S(=O)(=O)NCCCCc3ccccc3F)cc2o1. The highest BCUT2D eigenvalue weighted by atomic mass is 32.2. The van der Waals surface area contributed by atoms with Crippen LogP contribution >= 0.6 is 0 Å². The van der Waals surface area contributed by atoms with Crippen LogP contribution < -0.4 is 10.5 Å². The van der Waals surface area contributed by atoms with E-state index in [1.54, 1.807) is 18.2 Å². The smallest absolute Gasteiger partial charge is 0.408 e. The molecule has 2 N–H and O–H groups in total. The first-order valence-electron chi connectivity index (χ1n) is 7.82. The van der Waals surface area contributed by atoms with Crippen LogP contribution in [0.2, 0.25) is 0 Å². The van der Waals surface area contributed by atoms with Crippen molar-refractivity contribution in [2.45, 2.75) is 24.2 Å². The van der Waals surface area contributed by atoms with Gasteiger partial charge in [0.1, 0.15) is 5.82 Å². The molecule has 0 aliphatic heterocycles. The fourth-order valence-electron chi connectivity index (χ4n) is 2.52. The topological polar surface area (TPSA) is 92.2 Å². The summed E-state index contributed by atoms with van der Waals surface area (Å²) in [5.74, 6) is -0.880.